The van der Waals surface area contributed by atoms with Gasteiger partial charge in [-0.1, -0.05) is 22.8 Å². The number of carbonyl (C=O) groups excluding carboxylic acids is 1. The van der Waals surface area contributed by atoms with E-state index < -0.39 is 23.5 Å². The summed E-state index contributed by atoms with van der Waals surface area (Å²) >= 11 is 5.57. The van der Waals surface area contributed by atoms with Crippen molar-refractivity contribution in [2.24, 2.45) is 5.16 Å². The van der Waals surface area contributed by atoms with Crippen molar-refractivity contribution in [2.75, 3.05) is 0 Å². The lowest BCUT2D eigenvalue weighted by atomic mass is 10.1. The van der Waals surface area contributed by atoms with E-state index in [1.54, 1.807) is 0 Å². The summed E-state index contributed by atoms with van der Waals surface area (Å²) in [5.41, 5.74) is -0.581. The Labute approximate surface area is 133 Å². The van der Waals surface area contributed by atoms with E-state index in [2.05, 4.69) is 9.99 Å². The SMILES string of the molecule is O=C(O/N=C/c1ccc(F)c(Cl)c1)c1ccc(C(F)(F)F)cc1. The maximum absolute atomic E-state index is 12.9. The zero-order chi connectivity index (χ0) is 17.0. The van der Waals surface area contributed by atoms with Crippen molar-refractivity contribution in [1.82, 2.24) is 0 Å². The molecule has 0 heterocycles. The molecule has 0 amide bonds. The number of carbonyl (C=O) groups is 1. The maximum atomic E-state index is 12.9. The summed E-state index contributed by atoms with van der Waals surface area (Å²) in [6.07, 6.45) is -3.37. The van der Waals surface area contributed by atoms with Crippen LogP contribution >= 0.6 is 11.6 Å². The summed E-state index contributed by atoms with van der Waals surface area (Å²) in [7, 11) is 0. The molecule has 120 valence electrons. The van der Waals surface area contributed by atoms with Crippen molar-refractivity contribution in [3.05, 3.63) is 70.0 Å². The first-order valence-electron chi connectivity index (χ1n) is 6.14. The predicted octanol–water partition coefficient (Wildman–Crippen LogP) is 4.69. The minimum absolute atomic E-state index is 0.0905. The van der Waals surface area contributed by atoms with Crippen LogP contribution in [0.25, 0.3) is 0 Å². The third kappa shape index (κ3) is 4.53. The van der Waals surface area contributed by atoms with Crippen LogP contribution in [0.5, 0.6) is 0 Å². The Hall–Kier alpha value is -2.41. The average Bonchev–Trinajstić information content (AvgIpc) is 2.50. The minimum atomic E-state index is -4.48. The van der Waals surface area contributed by atoms with Crippen molar-refractivity contribution in [3.8, 4) is 0 Å². The van der Waals surface area contributed by atoms with E-state index in [4.69, 9.17) is 11.6 Å². The standard InChI is InChI=1S/C15H8ClF4NO2/c16-12-7-9(1-6-13(12)17)8-21-23-14(22)10-2-4-11(5-3-10)15(18,19)20/h1-8H/b21-8+. The van der Waals surface area contributed by atoms with Gasteiger partial charge in [0.25, 0.3) is 0 Å². The molecular weight excluding hydrogens is 338 g/mol. The number of benzene rings is 2. The number of nitrogens with zero attached hydrogens (tertiary/aromatic N) is 1. The number of hydrogen-bond donors (Lipinski definition) is 0. The fourth-order valence-electron chi connectivity index (χ4n) is 1.58. The second-order valence-corrected chi connectivity index (χ2v) is 4.77. The molecule has 0 spiro atoms. The monoisotopic (exact) mass is 345 g/mol. The van der Waals surface area contributed by atoms with E-state index in [-0.39, 0.29) is 10.6 Å². The quantitative estimate of drug-likeness (QED) is 0.350. The zero-order valence-corrected chi connectivity index (χ0v) is 12.0. The molecule has 2 aromatic rings. The van der Waals surface area contributed by atoms with Gasteiger partial charge in [0.05, 0.1) is 22.4 Å². The van der Waals surface area contributed by atoms with Crippen LogP contribution in [0.4, 0.5) is 17.6 Å². The van der Waals surface area contributed by atoms with Gasteiger partial charge >= 0.3 is 12.1 Å². The van der Waals surface area contributed by atoms with E-state index in [1.165, 1.54) is 12.1 Å². The molecule has 0 aliphatic carbocycles. The first-order chi connectivity index (χ1) is 10.8. The minimum Gasteiger partial charge on any atom is -0.313 e. The molecule has 0 unspecified atom stereocenters. The van der Waals surface area contributed by atoms with E-state index in [0.29, 0.717) is 5.56 Å². The van der Waals surface area contributed by atoms with Crippen molar-refractivity contribution < 1.29 is 27.2 Å². The van der Waals surface area contributed by atoms with Crippen LogP contribution in [0.15, 0.2) is 47.6 Å². The molecule has 0 radical (unpaired) electrons. The molecule has 0 aromatic heterocycles. The molecule has 0 aliphatic rings. The van der Waals surface area contributed by atoms with E-state index in [1.807, 2.05) is 0 Å². The van der Waals surface area contributed by atoms with Gasteiger partial charge in [0.15, 0.2) is 0 Å². The number of alkyl halides is 3. The van der Waals surface area contributed by atoms with Gasteiger partial charge in [-0.05, 0) is 42.0 Å². The Morgan fingerprint density at radius 3 is 2.35 bits per heavy atom. The first kappa shape index (κ1) is 17.0. The Kier molecular flexibility index (Phi) is 5.00. The second-order valence-electron chi connectivity index (χ2n) is 4.36. The smallest absolute Gasteiger partial charge is 0.313 e. The lowest BCUT2D eigenvalue weighted by Crippen LogP contribution is -2.06. The normalized spacial score (nSPS) is 11.7. The Morgan fingerprint density at radius 1 is 1.13 bits per heavy atom. The summed E-state index contributed by atoms with van der Waals surface area (Å²) in [6.45, 7) is 0. The van der Waals surface area contributed by atoms with Crippen LogP contribution in [0.1, 0.15) is 21.5 Å². The zero-order valence-electron chi connectivity index (χ0n) is 11.3. The highest BCUT2D eigenvalue weighted by atomic mass is 35.5. The maximum Gasteiger partial charge on any atom is 0.416 e. The molecule has 2 aromatic carbocycles. The van der Waals surface area contributed by atoms with E-state index >= 15 is 0 Å². The molecule has 0 saturated heterocycles. The molecule has 8 heteroatoms. The van der Waals surface area contributed by atoms with Crippen molar-refractivity contribution in [2.45, 2.75) is 6.18 Å². The highest BCUT2D eigenvalue weighted by Gasteiger charge is 2.30. The fraction of sp³-hybridized carbons (Fsp3) is 0.0667. The van der Waals surface area contributed by atoms with Gasteiger partial charge in [0.2, 0.25) is 0 Å². The van der Waals surface area contributed by atoms with Crippen LogP contribution in [-0.4, -0.2) is 12.2 Å². The fourth-order valence-corrected chi connectivity index (χ4v) is 1.76. The lowest BCUT2D eigenvalue weighted by molar-refractivity contribution is -0.137. The van der Waals surface area contributed by atoms with Gasteiger partial charge in [-0.3, -0.25) is 0 Å². The first-order valence-corrected chi connectivity index (χ1v) is 6.52. The number of hydrogen-bond acceptors (Lipinski definition) is 3. The van der Waals surface area contributed by atoms with Gasteiger partial charge in [-0.15, -0.1) is 0 Å². The lowest BCUT2D eigenvalue weighted by Gasteiger charge is -2.06. The highest BCUT2D eigenvalue weighted by Crippen LogP contribution is 2.29. The molecule has 0 bridgehead atoms. The number of halogens is 5. The molecule has 0 N–H and O–H groups in total. The second kappa shape index (κ2) is 6.78. The summed E-state index contributed by atoms with van der Waals surface area (Å²) in [5.74, 6) is -1.53. The Bertz CT molecular complexity index is 742. The van der Waals surface area contributed by atoms with Gasteiger partial charge in [0.1, 0.15) is 5.82 Å². The van der Waals surface area contributed by atoms with Crippen LogP contribution in [0.3, 0.4) is 0 Å². The molecule has 3 nitrogen and oxygen atoms in total. The summed E-state index contributed by atoms with van der Waals surface area (Å²) in [5, 5.41) is 3.26. The third-order valence-corrected chi connectivity index (χ3v) is 3.02. The van der Waals surface area contributed by atoms with Crippen molar-refractivity contribution in [1.29, 1.82) is 0 Å². The molecule has 0 fully saturated rings. The predicted molar refractivity (Wildman–Crippen MR) is 75.9 cm³/mol. The van der Waals surface area contributed by atoms with Crippen LogP contribution in [0, 0.1) is 5.82 Å². The van der Waals surface area contributed by atoms with Gasteiger partial charge in [-0.25, -0.2) is 9.18 Å². The Balaban J connectivity index is 2.01. The van der Waals surface area contributed by atoms with Gasteiger partial charge in [0, 0.05) is 0 Å². The number of rotatable bonds is 3. The van der Waals surface area contributed by atoms with E-state index in [0.717, 1.165) is 36.5 Å². The van der Waals surface area contributed by atoms with Crippen LogP contribution in [-0.2, 0) is 11.0 Å². The summed E-state index contributed by atoms with van der Waals surface area (Å²) in [6, 6.07) is 7.23. The number of oxime groups is 1. The molecule has 2 rings (SSSR count). The molecule has 0 atom stereocenters. The van der Waals surface area contributed by atoms with Crippen molar-refractivity contribution in [3.63, 3.8) is 0 Å². The topological polar surface area (TPSA) is 38.7 Å². The highest BCUT2D eigenvalue weighted by molar-refractivity contribution is 6.31. The average molecular weight is 346 g/mol. The molecular formula is C15H8ClF4NO2. The van der Waals surface area contributed by atoms with Crippen LogP contribution in [0.2, 0.25) is 5.02 Å². The summed E-state index contributed by atoms with van der Waals surface area (Å²) in [4.78, 5) is 16.2. The molecule has 0 saturated carbocycles. The molecule has 0 aliphatic heterocycles. The molecule has 23 heavy (non-hydrogen) atoms. The van der Waals surface area contributed by atoms with Crippen molar-refractivity contribution >= 4 is 23.8 Å². The van der Waals surface area contributed by atoms with Crippen LogP contribution < -0.4 is 0 Å². The van der Waals surface area contributed by atoms with E-state index in [9.17, 15) is 22.4 Å². The third-order valence-electron chi connectivity index (χ3n) is 2.73. The largest absolute Gasteiger partial charge is 0.416 e. The Morgan fingerprint density at radius 2 is 1.78 bits per heavy atom. The van der Waals surface area contributed by atoms with Gasteiger partial charge in [-0.2, -0.15) is 13.2 Å². The van der Waals surface area contributed by atoms with Gasteiger partial charge < -0.3 is 4.84 Å². The summed E-state index contributed by atoms with van der Waals surface area (Å²) < 4.78 is 50.1.